The maximum Gasteiger partial charge on any atom is 0.132 e. The number of ketones is 1. The van der Waals surface area contributed by atoms with E-state index in [9.17, 15) is 4.79 Å². The quantitative estimate of drug-likeness (QED) is 0.540. The van der Waals surface area contributed by atoms with Gasteiger partial charge in [0.15, 0.2) is 0 Å². The van der Waals surface area contributed by atoms with E-state index in [1.54, 1.807) is 6.92 Å². The van der Waals surface area contributed by atoms with Crippen LogP contribution in [-0.2, 0) is 11.3 Å². The molecular formula is C25H32N6O. The Morgan fingerprint density at radius 2 is 1.88 bits per heavy atom. The molecule has 1 aliphatic heterocycles. The molecule has 1 aliphatic rings. The number of carbonyl (C=O) groups excluding carboxylic acids is 1. The highest BCUT2D eigenvalue weighted by molar-refractivity contribution is 5.90. The minimum Gasteiger partial charge on any atom is -0.364 e. The summed E-state index contributed by atoms with van der Waals surface area (Å²) in [5.74, 6) is 2.01. The molecule has 0 bridgehead atoms. The van der Waals surface area contributed by atoms with Gasteiger partial charge >= 0.3 is 0 Å². The third-order valence-electron chi connectivity index (χ3n) is 5.97. The molecule has 0 atom stereocenters. The van der Waals surface area contributed by atoms with Crippen LogP contribution in [0, 0.1) is 6.92 Å². The van der Waals surface area contributed by atoms with E-state index in [0.29, 0.717) is 13.0 Å². The molecule has 0 N–H and O–H groups in total. The van der Waals surface area contributed by atoms with E-state index in [0.717, 1.165) is 73.1 Å². The highest BCUT2D eigenvalue weighted by Crippen LogP contribution is 2.27. The first-order chi connectivity index (χ1) is 15.5. The normalized spacial score (nSPS) is 14.7. The van der Waals surface area contributed by atoms with Crippen LogP contribution < -0.4 is 9.80 Å². The van der Waals surface area contributed by atoms with Crippen LogP contribution in [0.3, 0.4) is 0 Å². The van der Waals surface area contributed by atoms with Crippen molar-refractivity contribution < 1.29 is 4.79 Å². The Morgan fingerprint density at radius 1 is 1.09 bits per heavy atom. The van der Waals surface area contributed by atoms with Gasteiger partial charge in [0.25, 0.3) is 0 Å². The van der Waals surface area contributed by atoms with Gasteiger partial charge in [-0.15, -0.1) is 0 Å². The molecule has 4 rings (SSSR count). The van der Waals surface area contributed by atoms with Crippen molar-refractivity contribution in [3.8, 4) is 0 Å². The third kappa shape index (κ3) is 5.40. The molecule has 0 aliphatic carbocycles. The molecule has 1 fully saturated rings. The summed E-state index contributed by atoms with van der Waals surface area (Å²) in [6.45, 7) is 9.06. The van der Waals surface area contributed by atoms with Gasteiger partial charge in [0.1, 0.15) is 17.4 Å². The summed E-state index contributed by atoms with van der Waals surface area (Å²) in [5.41, 5.74) is 3.04. The van der Waals surface area contributed by atoms with Crippen molar-refractivity contribution in [1.29, 1.82) is 0 Å². The predicted octanol–water partition coefficient (Wildman–Crippen LogP) is 3.46. The molecule has 7 nitrogen and oxygen atoms in total. The number of piperazine rings is 1. The average Bonchev–Trinajstić information content (AvgIpc) is 2.78. The number of likely N-dealkylation sites (N-methyl/N-ethyl adjacent to an activating group) is 1. The highest BCUT2D eigenvalue weighted by atomic mass is 16.1. The zero-order valence-corrected chi connectivity index (χ0v) is 19.3. The van der Waals surface area contributed by atoms with Crippen molar-refractivity contribution in [3.05, 3.63) is 54.1 Å². The number of Topliss-reactive ketones (excluding diaryl/α,β-unsaturated/α-hetero) is 1. The van der Waals surface area contributed by atoms with Crippen LogP contribution in [0.5, 0.6) is 0 Å². The van der Waals surface area contributed by atoms with Gasteiger partial charge in [-0.1, -0.05) is 18.2 Å². The van der Waals surface area contributed by atoms with Crippen molar-refractivity contribution in [1.82, 2.24) is 19.9 Å². The van der Waals surface area contributed by atoms with Crippen molar-refractivity contribution in [2.75, 3.05) is 49.6 Å². The monoisotopic (exact) mass is 432 g/mol. The number of rotatable bonds is 8. The maximum absolute atomic E-state index is 11.6. The van der Waals surface area contributed by atoms with Crippen molar-refractivity contribution in [2.45, 2.75) is 33.2 Å². The molecule has 1 aromatic carbocycles. The number of pyridine rings is 1. The molecule has 7 heteroatoms. The zero-order chi connectivity index (χ0) is 22.5. The van der Waals surface area contributed by atoms with Crippen molar-refractivity contribution in [3.63, 3.8) is 0 Å². The van der Waals surface area contributed by atoms with Gasteiger partial charge in [0.2, 0.25) is 0 Å². The van der Waals surface area contributed by atoms with Crippen LogP contribution in [0.4, 0.5) is 11.5 Å². The van der Waals surface area contributed by atoms with Crippen LogP contribution >= 0.6 is 0 Å². The summed E-state index contributed by atoms with van der Waals surface area (Å²) in [4.78, 5) is 32.7. The van der Waals surface area contributed by atoms with Crippen LogP contribution in [0.25, 0.3) is 10.9 Å². The summed E-state index contributed by atoms with van der Waals surface area (Å²) in [7, 11) is 2.16. The number of hydrogen-bond donors (Lipinski definition) is 0. The Bertz CT molecular complexity index is 1070. The second-order valence-corrected chi connectivity index (χ2v) is 8.63. The van der Waals surface area contributed by atoms with E-state index in [1.165, 1.54) is 0 Å². The summed E-state index contributed by atoms with van der Waals surface area (Å²) >= 11 is 0. The smallest absolute Gasteiger partial charge is 0.132 e. The number of para-hydroxylation sites is 1. The van der Waals surface area contributed by atoms with E-state index in [1.807, 2.05) is 19.2 Å². The molecule has 0 spiro atoms. The van der Waals surface area contributed by atoms with E-state index in [-0.39, 0.29) is 5.78 Å². The number of carbonyl (C=O) groups is 1. The number of fused-ring (bicyclic) bond motifs is 1. The van der Waals surface area contributed by atoms with Gasteiger partial charge in [-0.2, -0.15) is 0 Å². The van der Waals surface area contributed by atoms with Crippen molar-refractivity contribution in [2.24, 2.45) is 0 Å². The Hall–Kier alpha value is -3.06. The van der Waals surface area contributed by atoms with Gasteiger partial charge in [-0.25, -0.2) is 9.97 Å². The Kier molecular flexibility index (Phi) is 6.95. The molecule has 1 saturated heterocycles. The molecule has 2 aromatic heterocycles. The predicted molar refractivity (Wildman–Crippen MR) is 129 cm³/mol. The average molecular weight is 433 g/mol. The molecule has 0 unspecified atom stereocenters. The molecule has 0 amide bonds. The van der Waals surface area contributed by atoms with Crippen LogP contribution in [0.1, 0.15) is 31.3 Å². The Labute approximate surface area is 190 Å². The van der Waals surface area contributed by atoms with Crippen LogP contribution in [0.15, 0.2) is 42.6 Å². The first-order valence-electron chi connectivity index (χ1n) is 11.4. The number of aromatic nitrogens is 3. The van der Waals surface area contributed by atoms with Gasteiger partial charge in [-0.3, -0.25) is 4.98 Å². The summed E-state index contributed by atoms with van der Waals surface area (Å²) in [6.07, 6.45) is 3.21. The number of hydrogen-bond acceptors (Lipinski definition) is 7. The second kappa shape index (κ2) is 10.0. The fraction of sp³-hybridized carbons (Fsp3) is 0.440. The summed E-state index contributed by atoms with van der Waals surface area (Å²) < 4.78 is 0. The van der Waals surface area contributed by atoms with Crippen molar-refractivity contribution >= 4 is 28.2 Å². The lowest BCUT2D eigenvalue weighted by Gasteiger charge is -2.33. The highest BCUT2D eigenvalue weighted by Gasteiger charge is 2.18. The lowest BCUT2D eigenvalue weighted by molar-refractivity contribution is -0.117. The fourth-order valence-electron chi connectivity index (χ4n) is 4.23. The zero-order valence-electron chi connectivity index (χ0n) is 19.3. The molecular weight excluding hydrogens is 400 g/mol. The lowest BCUT2D eigenvalue weighted by atomic mass is 10.1. The largest absolute Gasteiger partial charge is 0.364 e. The van der Waals surface area contributed by atoms with Crippen LogP contribution in [-0.4, -0.2) is 65.4 Å². The third-order valence-corrected chi connectivity index (χ3v) is 5.97. The van der Waals surface area contributed by atoms with Gasteiger partial charge in [0, 0.05) is 56.8 Å². The minimum atomic E-state index is 0.219. The Balaban J connectivity index is 1.63. The van der Waals surface area contributed by atoms with E-state index in [2.05, 4.69) is 57.1 Å². The Morgan fingerprint density at radius 3 is 2.66 bits per heavy atom. The molecule has 32 heavy (non-hydrogen) atoms. The topological polar surface area (TPSA) is 65.5 Å². The van der Waals surface area contributed by atoms with E-state index in [4.69, 9.17) is 9.97 Å². The maximum atomic E-state index is 11.6. The first-order valence-corrected chi connectivity index (χ1v) is 11.4. The lowest BCUT2D eigenvalue weighted by Crippen LogP contribution is -2.45. The fourth-order valence-corrected chi connectivity index (χ4v) is 4.23. The minimum absolute atomic E-state index is 0.219. The molecule has 168 valence electrons. The SMILES string of the molecule is CC(=O)CCCN(Cc1cc(N2CCN(C)CC2)nc(C)n1)c1cccc2cccnc12. The number of benzene rings is 1. The molecule has 0 radical (unpaired) electrons. The van der Waals surface area contributed by atoms with E-state index >= 15 is 0 Å². The second-order valence-electron chi connectivity index (χ2n) is 8.63. The van der Waals surface area contributed by atoms with Gasteiger partial charge in [0.05, 0.1) is 23.4 Å². The number of anilines is 2. The number of nitrogens with zero attached hydrogens (tertiary/aromatic N) is 6. The summed E-state index contributed by atoms with van der Waals surface area (Å²) in [5, 5.41) is 1.11. The standard InChI is InChI=1S/C25H32N6O/c1-19(32)7-6-12-31(23-10-4-8-21-9-5-11-26-25(21)23)18-22-17-24(28-20(2)27-22)30-15-13-29(3)14-16-30/h4-5,8-11,17H,6-7,12-16,18H2,1-3H3. The molecule has 3 heterocycles. The molecule has 0 saturated carbocycles. The molecule has 3 aromatic rings. The van der Waals surface area contributed by atoms with Crippen LogP contribution in [0.2, 0.25) is 0 Å². The summed E-state index contributed by atoms with van der Waals surface area (Å²) in [6, 6.07) is 12.4. The first kappa shape index (κ1) is 22.1. The number of aryl methyl sites for hydroxylation is 1. The van der Waals surface area contributed by atoms with Gasteiger partial charge < -0.3 is 19.5 Å². The van der Waals surface area contributed by atoms with E-state index < -0.39 is 0 Å². The van der Waals surface area contributed by atoms with Gasteiger partial charge in [-0.05, 0) is 39.4 Å².